The molecule has 2 heterocycles. The van der Waals surface area contributed by atoms with E-state index in [9.17, 15) is 9.59 Å². The Kier molecular flexibility index (Phi) is 5.86. The molecule has 6 nitrogen and oxygen atoms in total. The molecule has 0 aliphatic rings. The predicted molar refractivity (Wildman–Crippen MR) is 124 cm³/mol. The van der Waals surface area contributed by atoms with Crippen LogP contribution in [0.2, 0.25) is 0 Å². The summed E-state index contributed by atoms with van der Waals surface area (Å²) in [6.07, 6.45) is 0. The van der Waals surface area contributed by atoms with Gasteiger partial charge in [-0.25, -0.2) is 4.98 Å². The van der Waals surface area contributed by atoms with Gasteiger partial charge in [0.1, 0.15) is 22.9 Å². The SMILES string of the molecule is COc1ccc(-c2csc3nc(C)n(CC(=O)N(C)Cc4ccccc4)c(=O)c23)cc1. The van der Waals surface area contributed by atoms with Crippen LogP contribution in [0.4, 0.5) is 0 Å². The van der Waals surface area contributed by atoms with Gasteiger partial charge in [-0.1, -0.05) is 42.5 Å². The number of hydrogen-bond donors (Lipinski definition) is 0. The number of nitrogens with zero attached hydrogens (tertiary/aromatic N) is 3. The monoisotopic (exact) mass is 433 g/mol. The molecule has 0 saturated heterocycles. The van der Waals surface area contributed by atoms with E-state index in [1.165, 1.54) is 15.9 Å². The molecule has 2 aromatic heterocycles. The second kappa shape index (κ2) is 8.73. The summed E-state index contributed by atoms with van der Waals surface area (Å²) in [6.45, 7) is 2.20. The van der Waals surface area contributed by atoms with Gasteiger partial charge in [-0.3, -0.25) is 14.2 Å². The average Bonchev–Trinajstić information content (AvgIpc) is 3.21. The maximum atomic E-state index is 13.4. The molecule has 4 aromatic rings. The number of ether oxygens (including phenoxy) is 1. The zero-order valence-electron chi connectivity index (χ0n) is 17.7. The minimum Gasteiger partial charge on any atom is -0.497 e. The van der Waals surface area contributed by atoms with Crippen LogP contribution >= 0.6 is 11.3 Å². The maximum absolute atomic E-state index is 13.4. The van der Waals surface area contributed by atoms with E-state index in [4.69, 9.17) is 4.74 Å². The number of likely N-dealkylation sites (N-methyl/N-ethyl adjacent to an activating group) is 1. The fraction of sp³-hybridized carbons (Fsp3) is 0.208. The fourth-order valence-corrected chi connectivity index (χ4v) is 4.48. The van der Waals surface area contributed by atoms with Gasteiger partial charge < -0.3 is 9.64 Å². The second-order valence-electron chi connectivity index (χ2n) is 7.34. The van der Waals surface area contributed by atoms with Crippen LogP contribution in [0, 0.1) is 6.92 Å². The Morgan fingerprint density at radius 3 is 2.52 bits per heavy atom. The summed E-state index contributed by atoms with van der Waals surface area (Å²) >= 11 is 1.43. The molecule has 7 heteroatoms. The lowest BCUT2D eigenvalue weighted by atomic mass is 10.1. The van der Waals surface area contributed by atoms with Gasteiger partial charge in [0.2, 0.25) is 5.91 Å². The Morgan fingerprint density at radius 1 is 1.13 bits per heavy atom. The number of carbonyl (C=O) groups excluding carboxylic acids is 1. The van der Waals surface area contributed by atoms with Crippen LogP contribution in [0.3, 0.4) is 0 Å². The van der Waals surface area contributed by atoms with Gasteiger partial charge in [0.15, 0.2) is 0 Å². The number of amides is 1. The third-order valence-corrected chi connectivity index (χ3v) is 6.14. The summed E-state index contributed by atoms with van der Waals surface area (Å²) < 4.78 is 6.69. The molecule has 0 fully saturated rings. The molecule has 31 heavy (non-hydrogen) atoms. The zero-order valence-corrected chi connectivity index (χ0v) is 18.5. The smallest absolute Gasteiger partial charge is 0.263 e. The van der Waals surface area contributed by atoms with Crippen LogP contribution in [-0.2, 0) is 17.9 Å². The first-order valence-corrected chi connectivity index (χ1v) is 10.8. The van der Waals surface area contributed by atoms with E-state index in [1.807, 2.05) is 60.0 Å². The molecule has 2 aromatic carbocycles. The van der Waals surface area contributed by atoms with E-state index in [0.29, 0.717) is 22.6 Å². The van der Waals surface area contributed by atoms with Gasteiger partial charge in [0.25, 0.3) is 5.56 Å². The molecule has 0 aliphatic heterocycles. The lowest BCUT2D eigenvalue weighted by molar-refractivity contribution is -0.131. The average molecular weight is 434 g/mol. The summed E-state index contributed by atoms with van der Waals surface area (Å²) in [7, 11) is 3.36. The molecule has 0 spiro atoms. The van der Waals surface area contributed by atoms with Crippen LogP contribution in [0.15, 0.2) is 64.8 Å². The van der Waals surface area contributed by atoms with Gasteiger partial charge in [-0.05, 0) is 30.2 Å². The molecule has 158 valence electrons. The molecule has 0 radical (unpaired) electrons. The Bertz CT molecular complexity index is 1280. The minimum atomic E-state index is -0.198. The number of aromatic nitrogens is 2. The summed E-state index contributed by atoms with van der Waals surface area (Å²) in [5.74, 6) is 1.14. The number of rotatable bonds is 6. The number of aryl methyl sites for hydroxylation is 1. The van der Waals surface area contributed by atoms with Crippen molar-refractivity contribution in [1.29, 1.82) is 0 Å². The Hall–Kier alpha value is -3.45. The van der Waals surface area contributed by atoms with Crippen molar-refractivity contribution >= 4 is 27.5 Å². The van der Waals surface area contributed by atoms with E-state index in [-0.39, 0.29) is 18.0 Å². The Labute approximate surface area is 184 Å². The maximum Gasteiger partial charge on any atom is 0.263 e. The van der Waals surface area contributed by atoms with Crippen molar-refractivity contribution in [1.82, 2.24) is 14.5 Å². The topological polar surface area (TPSA) is 64.4 Å². The summed E-state index contributed by atoms with van der Waals surface area (Å²) in [5, 5.41) is 2.48. The van der Waals surface area contributed by atoms with E-state index in [2.05, 4.69) is 4.98 Å². The van der Waals surface area contributed by atoms with Crippen molar-refractivity contribution in [3.05, 3.63) is 81.7 Å². The van der Waals surface area contributed by atoms with Crippen LogP contribution in [0.5, 0.6) is 5.75 Å². The highest BCUT2D eigenvalue weighted by atomic mass is 32.1. The summed E-state index contributed by atoms with van der Waals surface area (Å²) in [5.41, 5.74) is 2.57. The molecule has 4 rings (SSSR count). The molecule has 0 saturated carbocycles. The first kappa shape index (κ1) is 20.8. The largest absolute Gasteiger partial charge is 0.497 e. The number of methoxy groups -OCH3 is 1. The number of hydrogen-bond acceptors (Lipinski definition) is 5. The highest BCUT2D eigenvalue weighted by molar-refractivity contribution is 7.17. The molecular formula is C24H23N3O3S. The molecule has 1 amide bonds. The van der Waals surface area contributed by atoms with Gasteiger partial charge in [0.05, 0.1) is 12.5 Å². The first-order valence-electron chi connectivity index (χ1n) is 9.89. The fourth-order valence-electron chi connectivity index (χ4n) is 3.50. The zero-order chi connectivity index (χ0) is 22.0. The molecule has 0 bridgehead atoms. The standard InChI is InChI=1S/C24H23N3O3S/c1-16-25-23-22(20(15-31-23)18-9-11-19(30-3)12-10-18)24(29)27(16)14-21(28)26(2)13-17-7-5-4-6-8-17/h4-12,15H,13-14H2,1-3H3. The molecule has 0 atom stereocenters. The van der Waals surface area contributed by atoms with Crippen LogP contribution < -0.4 is 10.3 Å². The summed E-state index contributed by atoms with van der Waals surface area (Å²) in [6, 6.07) is 17.3. The second-order valence-corrected chi connectivity index (χ2v) is 8.20. The van der Waals surface area contributed by atoms with Gasteiger partial charge in [0, 0.05) is 24.5 Å². The molecule has 0 unspecified atom stereocenters. The molecule has 0 N–H and O–H groups in total. The number of fused-ring (bicyclic) bond motifs is 1. The van der Waals surface area contributed by atoms with E-state index in [1.54, 1.807) is 26.0 Å². The van der Waals surface area contributed by atoms with Crippen LogP contribution in [0.25, 0.3) is 21.3 Å². The van der Waals surface area contributed by atoms with Crippen molar-refractivity contribution in [3.63, 3.8) is 0 Å². The number of benzene rings is 2. The summed E-state index contributed by atoms with van der Waals surface area (Å²) in [4.78, 5) is 33.1. The lowest BCUT2D eigenvalue weighted by Gasteiger charge is -2.19. The molecular weight excluding hydrogens is 410 g/mol. The highest BCUT2D eigenvalue weighted by Crippen LogP contribution is 2.32. The van der Waals surface area contributed by atoms with Crippen LogP contribution in [-0.4, -0.2) is 34.5 Å². The first-order chi connectivity index (χ1) is 15.0. The quantitative estimate of drug-likeness (QED) is 0.459. The van der Waals surface area contributed by atoms with Crippen molar-refractivity contribution < 1.29 is 9.53 Å². The van der Waals surface area contributed by atoms with Crippen LogP contribution in [0.1, 0.15) is 11.4 Å². The van der Waals surface area contributed by atoms with E-state index < -0.39 is 0 Å². The number of carbonyl (C=O) groups is 1. The highest BCUT2D eigenvalue weighted by Gasteiger charge is 2.18. The van der Waals surface area contributed by atoms with Gasteiger partial charge in [-0.15, -0.1) is 11.3 Å². The Morgan fingerprint density at radius 2 is 1.84 bits per heavy atom. The van der Waals surface area contributed by atoms with E-state index >= 15 is 0 Å². The van der Waals surface area contributed by atoms with Crippen molar-refractivity contribution in [3.8, 4) is 16.9 Å². The normalized spacial score (nSPS) is 10.9. The van der Waals surface area contributed by atoms with E-state index in [0.717, 1.165) is 22.4 Å². The van der Waals surface area contributed by atoms with Crippen molar-refractivity contribution in [2.24, 2.45) is 0 Å². The lowest BCUT2D eigenvalue weighted by Crippen LogP contribution is -2.35. The predicted octanol–water partition coefficient (Wildman–Crippen LogP) is 4.10. The van der Waals surface area contributed by atoms with Gasteiger partial charge in [-0.2, -0.15) is 0 Å². The van der Waals surface area contributed by atoms with Crippen molar-refractivity contribution in [2.75, 3.05) is 14.2 Å². The third kappa shape index (κ3) is 4.22. The van der Waals surface area contributed by atoms with Crippen molar-refractivity contribution in [2.45, 2.75) is 20.0 Å². The number of thiophene rings is 1. The minimum absolute atomic E-state index is 0.0468. The third-order valence-electron chi connectivity index (χ3n) is 5.27. The Balaban J connectivity index is 1.66. The molecule has 0 aliphatic carbocycles. The van der Waals surface area contributed by atoms with Gasteiger partial charge >= 0.3 is 0 Å².